The first-order valence-electron chi connectivity index (χ1n) is 19.4. The normalized spacial score (nSPS) is 12.6. The van der Waals surface area contributed by atoms with Gasteiger partial charge < -0.3 is 36.4 Å². The predicted octanol–water partition coefficient (Wildman–Crippen LogP) is 11.3. The van der Waals surface area contributed by atoms with Crippen molar-refractivity contribution in [2.75, 3.05) is 16.0 Å². The molecule has 0 fully saturated rings. The van der Waals surface area contributed by atoms with Crippen LogP contribution in [0.4, 0.5) is 75.4 Å². The fourth-order valence-corrected chi connectivity index (χ4v) is 7.43. The summed E-state index contributed by atoms with van der Waals surface area (Å²) in [4.78, 5) is 39.7. The maximum Gasteiger partial charge on any atom is 0.411 e. The number of amides is 3. The molecule has 8 N–H and O–H groups in total. The van der Waals surface area contributed by atoms with E-state index in [9.17, 15) is 61.2 Å². The van der Waals surface area contributed by atoms with Crippen molar-refractivity contribution in [2.24, 2.45) is 0 Å². The van der Waals surface area contributed by atoms with Crippen LogP contribution in [0.5, 0.6) is 23.0 Å². The van der Waals surface area contributed by atoms with Gasteiger partial charge in [-0.05, 0) is 108 Å². The van der Waals surface area contributed by atoms with Crippen molar-refractivity contribution < 1.29 is 87.5 Å². The lowest BCUT2D eigenvalue weighted by Crippen LogP contribution is -2.54. The molecular weight excluding hydrogens is 949 g/mol. The Kier molecular flexibility index (Phi) is 13.0. The van der Waals surface area contributed by atoms with Gasteiger partial charge in [-0.1, -0.05) is 48.0 Å². The highest BCUT2D eigenvalue weighted by atomic mass is 19.4. The summed E-state index contributed by atoms with van der Waals surface area (Å²) < 4.78 is 180. The smallest absolute Gasteiger partial charge is 0.411 e. The average Bonchev–Trinajstić information content (AvgIpc) is 3.24. The van der Waals surface area contributed by atoms with Gasteiger partial charge in [0.25, 0.3) is 17.7 Å². The number of aromatic hydroxyl groups is 4. The van der Waals surface area contributed by atoms with Crippen LogP contribution in [0.15, 0.2) is 121 Å². The molecule has 0 bridgehead atoms. The Labute approximate surface area is 380 Å². The molecule has 6 aromatic rings. The fraction of sp³-hybridized carbons (Fsp3) is 0.152. The van der Waals surface area contributed by atoms with Crippen LogP contribution in [0.1, 0.15) is 58.9 Å². The Morgan fingerprint density at radius 1 is 0.406 bits per heavy atom. The molecule has 0 aliphatic rings. The molecule has 0 saturated heterocycles. The molecule has 0 aromatic heterocycles. The zero-order valence-corrected chi connectivity index (χ0v) is 34.6. The number of halogens is 12. The number of phenols is 4. The standard InChI is InChI=1S/C46H31F12N4O7/c1-22-5-7-23(8-6-22)38(67)60-31-20-28(11-15-35(31)64)42(45(53,54)55,46(56,57)58)29-12-16-37(66)33(21-29)62-40(69)25-4-2-3-24(17-25)39(68)61-32-19-27(10-14-36(32)65)41(43(47,48)49,44(50,51)52)26-9-13-34(63)30(59)18-26/h2-21,59,63-66H,1H3,(H,60,67)(H,61,68)(H,62,69). The second kappa shape index (κ2) is 17.8. The van der Waals surface area contributed by atoms with E-state index < -0.39 is 132 Å². The van der Waals surface area contributed by atoms with E-state index in [0.29, 0.717) is 42.0 Å². The first-order valence-corrected chi connectivity index (χ1v) is 19.4. The van der Waals surface area contributed by atoms with Crippen LogP contribution in [0.2, 0.25) is 0 Å². The number of rotatable bonds is 10. The third-order valence-corrected chi connectivity index (χ3v) is 10.9. The molecule has 11 nitrogen and oxygen atoms in total. The molecule has 0 aliphatic heterocycles. The van der Waals surface area contributed by atoms with Crippen LogP contribution in [0.3, 0.4) is 0 Å². The number of aryl methyl sites for hydroxylation is 1. The van der Waals surface area contributed by atoms with Gasteiger partial charge in [0, 0.05) is 16.7 Å². The van der Waals surface area contributed by atoms with Gasteiger partial charge >= 0.3 is 24.7 Å². The van der Waals surface area contributed by atoms with Crippen LogP contribution in [-0.2, 0) is 10.8 Å². The van der Waals surface area contributed by atoms with E-state index >= 15 is 26.3 Å². The molecule has 0 aliphatic carbocycles. The first kappa shape index (κ1) is 50.3. The summed E-state index contributed by atoms with van der Waals surface area (Å²) >= 11 is 0. The van der Waals surface area contributed by atoms with Gasteiger partial charge in [-0.15, -0.1) is 0 Å². The minimum absolute atomic E-state index is 0.0737. The van der Waals surface area contributed by atoms with Crippen LogP contribution < -0.4 is 21.7 Å². The van der Waals surface area contributed by atoms with Crippen molar-refractivity contribution in [1.82, 2.24) is 5.73 Å². The van der Waals surface area contributed by atoms with Gasteiger partial charge in [-0.25, -0.2) is 0 Å². The molecule has 0 saturated carbocycles. The third-order valence-electron chi connectivity index (χ3n) is 10.9. The highest BCUT2D eigenvalue weighted by Crippen LogP contribution is 2.59. The summed E-state index contributed by atoms with van der Waals surface area (Å²) in [5, 5.41) is 47.0. The second-order valence-electron chi connectivity index (χ2n) is 15.2. The van der Waals surface area contributed by atoms with Gasteiger partial charge in [-0.2, -0.15) is 52.7 Å². The lowest BCUT2D eigenvalue weighted by atomic mass is 9.72. The molecule has 0 spiro atoms. The number of hydrogen-bond acceptors (Lipinski definition) is 7. The Balaban J connectivity index is 1.34. The van der Waals surface area contributed by atoms with E-state index in [1.165, 1.54) is 24.3 Å². The minimum Gasteiger partial charge on any atom is -0.506 e. The largest absolute Gasteiger partial charge is 0.506 e. The molecule has 0 atom stereocenters. The zero-order valence-electron chi connectivity index (χ0n) is 34.6. The lowest BCUT2D eigenvalue weighted by molar-refractivity contribution is -0.290. The van der Waals surface area contributed by atoms with Gasteiger partial charge in [0.05, 0.1) is 22.7 Å². The molecule has 6 aromatic carbocycles. The van der Waals surface area contributed by atoms with Gasteiger partial charge in [0.15, 0.2) is 0 Å². The number of carbonyl (C=O) groups is 3. The van der Waals surface area contributed by atoms with Gasteiger partial charge in [0.1, 0.15) is 23.0 Å². The number of anilines is 3. The van der Waals surface area contributed by atoms with Crippen molar-refractivity contribution >= 4 is 40.5 Å². The zero-order chi connectivity index (χ0) is 51.2. The third kappa shape index (κ3) is 9.18. The lowest BCUT2D eigenvalue weighted by Gasteiger charge is -2.38. The van der Waals surface area contributed by atoms with Crippen LogP contribution in [0.25, 0.3) is 0 Å². The van der Waals surface area contributed by atoms with Crippen molar-refractivity contribution in [2.45, 2.75) is 42.5 Å². The van der Waals surface area contributed by atoms with E-state index in [2.05, 4.69) is 5.32 Å². The number of nitrogens with one attached hydrogen (secondary N) is 4. The average molecular weight is 980 g/mol. The summed E-state index contributed by atoms with van der Waals surface area (Å²) in [5.41, 5.74) is -13.3. The highest BCUT2D eigenvalue weighted by Gasteiger charge is 2.74. The number of carbonyl (C=O) groups excluding carboxylic acids is 3. The van der Waals surface area contributed by atoms with Crippen LogP contribution >= 0.6 is 0 Å². The number of hydrogen-bond donors (Lipinski definition) is 7. The SMILES string of the molecule is Cc1ccc(C(=O)Nc2cc(C(c3ccc(O)c(NC(=O)c4cccc(C(=O)Nc5cc(C(c6ccc(O)c([NH])c6)(C(F)(F)F)C(F)(F)F)ccc5O)c4)c3)(C(F)(F)F)C(F)(F)F)ccc2O)cc1. The molecule has 6 rings (SSSR count). The summed E-state index contributed by atoms with van der Waals surface area (Å²) in [7, 11) is 0. The van der Waals surface area contributed by atoms with Crippen LogP contribution in [0, 0.1) is 6.92 Å². The predicted molar refractivity (Wildman–Crippen MR) is 222 cm³/mol. The molecule has 361 valence electrons. The van der Waals surface area contributed by atoms with E-state index in [0.717, 1.165) is 18.2 Å². The van der Waals surface area contributed by atoms with E-state index in [1.54, 1.807) is 6.92 Å². The molecule has 3 amide bonds. The minimum atomic E-state index is -6.27. The summed E-state index contributed by atoms with van der Waals surface area (Å²) in [6.45, 7) is 1.67. The summed E-state index contributed by atoms with van der Waals surface area (Å²) in [6, 6.07) is 12.6. The van der Waals surface area contributed by atoms with Crippen molar-refractivity contribution in [1.29, 1.82) is 0 Å². The van der Waals surface area contributed by atoms with Crippen molar-refractivity contribution in [3.05, 3.63) is 166 Å². The summed E-state index contributed by atoms with van der Waals surface area (Å²) in [5.74, 6) is -7.83. The van der Waals surface area contributed by atoms with Crippen molar-refractivity contribution in [3.63, 3.8) is 0 Å². The summed E-state index contributed by atoms with van der Waals surface area (Å²) in [6.07, 6.45) is -25.0. The Hall–Kier alpha value is -8.11. The molecular formula is C46H31F12N4O7. The second-order valence-corrected chi connectivity index (χ2v) is 15.2. The van der Waals surface area contributed by atoms with Crippen molar-refractivity contribution in [3.8, 4) is 23.0 Å². The van der Waals surface area contributed by atoms with E-state index in [4.69, 9.17) is 5.73 Å². The Bertz CT molecular complexity index is 2940. The monoisotopic (exact) mass is 979 g/mol. The van der Waals surface area contributed by atoms with Gasteiger partial charge in [0.2, 0.25) is 10.8 Å². The maximum atomic E-state index is 15.2. The highest BCUT2D eigenvalue weighted by molar-refractivity contribution is 6.09. The topological polar surface area (TPSA) is 192 Å². The van der Waals surface area contributed by atoms with E-state index in [-0.39, 0.29) is 48.0 Å². The van der Waals surface area contributed by atoms with Crippen LogP contribution in [-0.4, -0.2) is 62.9 Å². The Morgan fingerprint density at radius 3 is 1.03 bits per heavy atom. The molecule has 0 heterocycles. The molecule has 0 unspecified atom stereocenters. The number of alkyl halides is 12. The number of benzene rings is 6. The fourth-order valence-electron chi connectivity index (χ4n) is 7.43. The van der Waals surface area contributed by atoms with E-state index in [1.807, 2.05) is 10.6 Å². The Morgan fingerprint density at radius 2 is 0.710 bits per heavy atom. The molecule has 69 heavy (non-hydrogen) atoms. The first-order chi connectivity index (χ1) is 31.9. The van der Waals surface area contributed by atoms with Gasteiger partial charge in [-0.3, -0.25) is 20.1 Å². The quantitative estimate of drug-likeness (QED) is 0.0524. The molecule has 1 radical (unpaired) electrons. The molecule has 23 heteroatoms. The number of phenolic OH excluding ortho intramolecular Hbond substituents is 4. The maximum absolute atomic E-state index is 15.2.